The number of anilines is 1. The lowest BCUT2D eigenvalue weighted by Gasteiger charge is -2.08. The van der Waals surface area contributed by atoms with Gasteiger partial charge in [0.05, 0.1) is 17.9 Å². The highest BCUT2D eigenvalue weighted by atomic mass is 16.5. The fourth-order valence-electron chi connectivity index (χ4n) is 2.01. The van der Waals surface area contributed by atoms with Gasteiger partial charge in [-0.15, -0.1) is 0 Å². The van der Waals surface area contributed by atoms with E-state index in [1.165, 1.54) is 0 Å². The number of H-pyrrole nitrogens is 1. The van der Waals surface area contributed by atoms with Crippen LogP contribution in [-0.4, -0.2) is 28.5 Å². The van der Waals surface area contributed by atoms with Crippen molar-refractivity contribution < 1.29 is 14.3 Å². The first-order valence-corrected chi connectivity index (χ1v) is 6.62. The quantitative estimate of drug-likeness (QED) is 0.846. The highest BCUT2D eigenvalue weighted by Crippen LogP contribution is 2.21. The number of aryl methyl sites for hydroxylation is 2. The van der Waals surface area contributed by atoms with Gasteiger partial charge in [-0.3, -0.25) is 9.78 Å². The minimum absolute atomic E-state index is 0.276. The summed E-state index contributed by atoms with van der Waals surface area (Å²) in [6, 6.07) is 3.37. The maximum absolute atomic E-state index is 12.3. The minimum Gasteiger partial charge on any atom is -0.462 e. The molecule has 21 heavy (non-hydrogen) atoms. The third-order valence-electron chi connectivity index (χ3n) is 3.06. The zero-order valence-electron chi connectivity index (χ0n) is 12.2. The van der Waals surface area contributed by atoms with Gasteiger partial charge < -0.3 is 15.0 Å². The number of aromatic amines is 1. The number of amides is 1. The Labute approximate surface area is 122 Å². The van der Waals surface area contributed by atoms with E-state index < -0.39 is 5.97 Å². The summed E-state index contributed by atoms with van der Waals surface area (Å²) < 4.78 is 5.00. The third-order valence-corrected chi connectivity index (χ3v) is 3.06. The molecule has 0 saturated carbocycles. The highest BCUT2D eigenvalue weighted by Gasteiger charge is 2.20. The molecule has 0 aliphatic rings. The number of esters is 1. The average Bonchev–Trinajstić information content (AvgIpc) is 2.80. The number of rotatable bonds is 4. The largest absolute Gasteiger partial charge is 0.462 e. The SMILES string of the molecule is CCOC(=O)c1c(NC(=O)c2cccnc2C)c[nH]c1C. The van der Waals surface area contributed by atoms with Crippen LogP contribution >= 0.6 is 0 Å². The second-order valence-corrected chi connectivity index (χ2v) is 4.51. The van der Waals surface area contributed by atoms with Crippen LogP contribution in [0.1, 0.15) is 39.0 Å². The lowest BCUT2D eigenvalue weighted by atomic mass is 10.1. The van der Waals surface area contributed by atoms with E-state index in [0.29, 0.717) is 28.2 Å². The smallest absolute Gasteiger partial charge is 0.342 e. The molecule has 2 heterocycles. The van der Waals surface area contributed by atoms with Crippen molar-refractivity contribution in [1.29, 1.82) is 0 Å². The molecule has 2 N–H and O–H groups in total. The monoisotopic (exact) mass is 287 g/mol. The van der Waals surface area contributed by atoms with E-state index in [0.717, 1.165) is 0 Å². The average molecular weight is 287 g/mol. The zero-order chi connectivity index (χ0) is 15.4. The number of nitrogens with zero attached hydrogens (tertiary/aromatic N) is 1. The number of aromatic nitrogens is 2. The zero-order valence-corrected chi connectivity index (χ0v) is 12.2. The van der Waals surface area contributed by atoms with Gasteiger partial charge in [0, 0.05) is 23.8 Å². The van der Waals surface area contributed by atoms with Crippen molar-refractivity contribution in [3.63, 3.8) is 0 Å². The maximum atomic E-state index is 12.3. The molecular weight excluding hydrogens is 270 g/mol. The predicted molar refractivity (Wildman–Crippen MR) is 78.4 cm³/mol. The van der Waals surface area contributed by atoms with Gasteiger partial charge in [-0.25, -0.2) is 4.79 Å². The summed E-state index contributed by atoms with van der Waals surface area (Å²) in [5.74, 6) is -0.778. The topological polar surface area (TPSA) is 84.1 Å². The number of pyridine rings is 1. The van der Waals surface area contributed by atoms with Crippen molar-refractivity contribution in [2.24, 2.45) is 0 Å². The summed E-state index contributed by atoms with van der Waals surface area (Å²) in [6.45, 7) is 5.51. The number of hydrogen-bond acceptors (Lipinski definition) is 4. The van der Waals surface area contributed by atoms with Gasteiger partial charge in [0.2, 0.25) is 0 Å². The molecule has 0 spiro atoms. The highest BCUT2D eigenvalue weighted by molar-refractivity contribution is 6.08. The van der Waals surface area contributed by atoms with E-state index in [1.54, 1.807) is 45.3 Å². The summed E-state index contributed by atoms with van der Waals surface area (Å²) in [7, 11) is 0. The number of carbonyl (C=O) groups excluding carboxylic acids is 2. The predicted octanol–water partition coefficient (Wildman–Crippen LogP) is 2.46. The van der Waals surface area contributed by atoms with Crippen molar-refractivity contribution in [2.45, 2.75) is 20.8 Å². The van der Waals surface area contributed by atoms with E-state index in [2.05, 4.69) is 15.3 Å². The van der Waals surface area contributed by atoms with Gasteiger partial charge in [0.25, 0.3) is 5.91 Å². The first-order valence-electron chi connectivity index (χ1n) is 6.62. The Bertz CT molecular complexity index is 677. The van der Waals surface area contributed by atoms with Crippen LogP contribution in [0.4, 0.5) is 5.69 Å². The molecule has 6 nitrogen and oxygen atoms in total. The molecule has 2 aromatic rings. The molecule has 110 valence electrons. The Hall–Kier alpha value is -2.63. The number of hydrogen-bond donors (Lipinski definition) is 2. The second-order valence-electron chi connectivity index (χ2n) is 4.51. The van der Waals surface area contributed by atoms with Crippen molar-refractivity contribution in [3.8, 4) is 0 Å². The second kappa shape index (κ2) is 6.21. The van der Waals surface area contributed by atoms with Crippen LogP contribution < -0.4 is 5.32 Å². The summed E-state index contributed by atoms with van der Waals surface area (Å²) in [6.07, 6.45) is 3.20. The maximum Gasteiger partial charge on any atom is 0.342 e. The molecular formula is C15H17N3O3. The molecule has 0 aliphatic heterocycles. The van der Waals surface area contributed by atoms with E-state index in [4.69, 9.17) is 4.74 Å². The standard InChI is InChI=1S/C15H17N3O3/c1-4-21-15(20)13-10(3)17-8-12(13)18-14(19)11-6-5-7-16-9(11)2/h5-8,17H,4H2,1-3H3,(H,18,19). The van der Waals surface area contributed by atoms with Crippen molar-refractivity contribution in [1.82, 2.24) is 9.97 Å². The molecule has 2 aromatic heterocycles. The third kappa shape index (κ3) is 3.10. The fraction of sp³-hybridized carbons (Fsp3) is 0.267. The number of nitrogens with one attached hydrogen (secondary N) is 2. The molecule has 0 fully saturated rings. The molecule has 2 rings (SSSR count). The summed E-state index contributed by atoms with van der Waals surface area (Å²) in [4.78, 5) is 31.2. The van der Waals surface area contributed by atoms with Crippen LogP contribution in [0.3, 0.4) is 0 Å². The lowest BCUT2D eigenvalue weighted by molar-refractivity contribution is 0.0527. The Morgan fingerprint density at radius 2 is 2.14 bits per heavy atom. The number of carbonyl (C=O) groups is 2. The molecule has 0 aromatic carbocycles. The Balaban J connectivity index is 2.27. The van der Waals surface area contributed by atoms with Gasteiger partial charge in [-0.2, -0.15) is 0 Å². The minimum atomic E-state index is -0.463. The van der Waals surface area contributed by atoms with Crippen LogP contribution in [0.15, 0.2) is 24.5 Å². The fourth-order valence-corrected chi connectivity index (χ4v) is 2.01. The van der Waals surface area contributed by atoms with Crippen LogP contribution in [0.5, 0.6) is 0 Å². The summed E-state index contributed by atoms with van der Waals surface area (Å²) in [5, 5.41) is 2.72. The van der Waals surface area contributed by atoms with E-state index in [1.807, 2.05) is 0 Å². The van der Waals surface area contributed by atoms with Crippen molar-refractivity contribution in [2.75, 3.05) is 11.9 Å². The molecule has 0 atom stereocenters. The van der Waals surface area contributed by atoms with Gasteiger partial charge in [0.1, 0.15) is 5.56 Å². The Morgan fingerprint density at radius 3 is 2.81 bits per heavy atom. The summed E-state index contributed by atoms with van der Waals surface area (Å²) >= 11 is 0. The normalized spacial score (nSPS) is 10.2. The van der Waals surface area contributed by atoms with Gasteiger partial charge in [-0.1, -0.05) is 0 Å². The molecule has 0 bridgehead atoms. The Kier molecular flexibility index (Phi) is 4.37. The van der Waals surface area contributed by atoms with Crippen LogP contribution in [0.2, 0.25) is 0 Å². The molecule has 6 heteroatoms. The van der Waals surface area contributed by atoms with Gasteiger partial charge in [-0.05, 0) is 32.9 Å². The first kappa shape index (κ1) is 14.8. The van der Waals surface area contributed by atoms with Gasteiger partial charge in [0.15, 0.2) is 0 Å². The first-order chi connectivity index (χ1) is 10.0. The summed E-state index contributed by atoms with van der Waals surface area (Å²) in [5.41, 5.74) is 2.48. The van der Waals surface area contributed by atoms with Crippen LogP contribution in [0.25, 0.3) is 0 Å². The van der Waals surface area contributed by atoms with Gasteiger partial charge >= 0.3 is 5.97 Å². The lowest BCUT2D eigenvalue weighted by Crippen LogP contribution is -2.16. The van der Waals surface area contributed by atoms with Crippen molar-refractivity contribution in [3.05, 3.63) is 47.0 Å². The van der Waals surface area contributed by atoms with Crippen LogP contribution in [0, 0.1) is 13.8 Å². The molecule has 0 unspecified atom stereocenters. The Morgan fingerprint density at radius 1 is 1.38 bits per heavy atom. The van der Waals surface area contributed by atoms with E-state index in [9.17, 15) is 9.59 Å². The molecule has 1 amide bonds. The number of ether oxygens (including phenoxy) is 1. The molecule has 0 aliphatic carbocycles. The van der Waals surface area contributed by atoms with Crippen LogP contribution in [-0.2, 0) is 4.74 Å². The van der Waals surface area contributed by atoms with E-state index >= 15 is 0 Å². The molecule has 0 saturated heterocycles. The van der Waals surface area contributed by atoms with E-state index in [-0.39, 0.29) is 12.5 Å². The molecule has 0 radical (unpaired) electrons. The van der Waals surface area contributed by atoms with Crippen molar-refractivity contribution >= 4 is 17.6 Å².